The van der Waals surface area contributed by atoms with Gasteiger partial charge in [0.25, 0.3) is 0 Å². The lowest BCUT2D eigenvalue weighted by Gasteiger charge is -2.17. The summed E-state index contributed by atoms with van der Waals surface area (Å²) < 4.78 is 10.4. The van der Waals surface area contributed by atoms with Crippen molar-refractivity contribution < 1.29 is 19.1 Å². The molecule has 1 atom stereocenters. The van der Waals surface area contributed by atoms with Gasteiger partial charge in [0.15, 0.2) is 0 Å². The molecule has 0 aliphatic carbocycles. The minimum atomic E-state index is -0.698. The van der Waals surface area contributed by atoms with Gasteiger partial charge in [0.05, 0.1) is 6.61 Å². The van der Waals surface area contributed by atoms with Crippen molar-refractivity contribution >= 4 is 12.1 Å². The van der Waals surface area contributed by atoms with Gasteiger partial charge in [-0.15, -0.1) is 0 Å². The van der Waals surface area contributed by atoms with Crippen molar-refractivity contribution in [2.24, 2.45) is 5.73 Å². The van der Waals surface area contributed by atoms with E-state index in [0.717, 1.165) is 31.2 Å². The number of rotatable bonds is 11. The zero-order valence-electron chi connectivity index (χ0n) is 14.3. The summed E-state index contributed by atoms with van der Waals surface area (Å²) in [5, 5.41) is 2.60. The number of carbonyl (C=O) groups is 2. The van der Waals surface area contributed by atoms with Gasteiger partial charge >= 0.3 is 12.1 Å². The number of unbranched alkanes of at least 4 members (excludes halogenated alkanes) is 2. The minimum absolute atomic E-state index is 0.160. The summed E-state index contributed by atoms with van der Waals surface area (Å²) in [4.78, 5) is 24.0. The van der Waals surface area contributed by atoms with Crippen LogP contribution in [0.5, 0.6) is 0 Å². The highest BCUT2D eigenvalue weighted by Gasteiger charge is 2.22. The Kier molecular flexibility index (Phi) is 10.3. The summed E-state index contributed by atoms with van der Waals surface area (Å²) in [5.41, 5.74) is 6.36. The predicted molar refractivity (Wildman–Crippen MR) is 92.3 cm³/mol. The standard InChI is InChI=1S/C18H28N2O4/c1-2-3-13-23-17(21)16(11-7-8-12-19)20-18(22)24-14-15-9-5-4-6-10-15/h4-6,9-10,16H,2-3,7-8,11-14,19H2,1H3,(H,20,22)/t16-/m0/s1. The molecule has 0 heterocycles. The van der Waals surface area contributed by atoms with E-state index in [1.807, 2.05) is 37.3 Å². The Bertz CT molecular complexity index is 479. The van der Waals surface area contributed by atoms with Gasteiger partial charge in [-0.3, -0.25) is 0 Å². The zero-order chi connectivity index (χ0) is 17.6. The molecular weight excluding hydrogens is 308 g/mol. The third-order valence-electron chi connectivity index (χ3n) is 3.48. The van der Waals surface area contributed by atoms with E-state index in [1.54, 1.807) is 0 Å². The second-order valence-corrected chi connectivity index (χ2v) is 5.56. The van der Waals surface area contributed by atoms with Crippen LogP contribution in [0.15, 0.2) is 30.3 Å². The lowest BCUT2D eigenvalue weighted by atomic mass is 10.1. The zero-order valence-corrected chi connectivity index (χ0v) is 14.3. The van der Waals surface area contributed by atoms with Gasteiger partial charge in [0.2, 0.25) is 0 Å². The maximum Gasteiger partial charge on any atom is 0.408 e. The maximum absolute atomic E-state index is 12.1. The molecule has 0 spiro atoms. The molecule has 0 bridgehead atoms. The second kappa shape index (κ2) is 12.4. The molecule has 1 aromatic rings. The summed E-state index contributed by atoms with van der Waals surface area (Å²) in [6, 6.07) is 8.67. The van der Waals surface area contributed by atoms with Gasteiger partial charge in [0, 0.05) is 0 Å². The number of hydrogen-bond donors (Lipinski definition) is 2. The van der Waals surface area contributed by atoms with Crippen LogP contribution < -0.4 is 11.1 Å². The Labute approximate surface area is 143 Å². The molecule has 24 heavy (non-hydrogen) atoms. The first-order valence-corrected chi connectivity index (χ1v) is 8.51. The van der Waals surface area contributed by atoms with Crippen LogP contribution in [0.3, 0.4) is 0 Å². The summed E-state index contributed by atoms with van der Waals surface area (Å²) in [6.07, 6.45) is 3.15. The minimum Gasteiger partial charge on any atom is -0.464 e. The van der Waals surface area contributed by atoms with Crippen LogP contribution in [0.25, 0.3) is 0 Å². The highest BCUT2D eigenvalue weighted by Crippen LogP contribution is 2.06. The van der Waals surface area contributed by atoms with Crippen LogP contribution in [0.2, 0.25) is 0 Å². The van der Waals surface area contributed by atoms with E-state index in [0.29, 0.717) is 19.6 Å². The van der Waals surface area contributed by atoms with Gasteiger partial charge in [-0.2, -0.15) is 0 Å². The van der Waals surface area contributed by atoms with Gasteiger partial charge in [-0.1, -0.05) is 43.7 Å². The average Bonchev–Trinajstić information content (AvgIpc) is 2.60. The Morgan fingerprint density at radius 1 is 1.12 bits per heavy atom. The lowest BCUT2D eigenvalue weighted by molar-refractivity contribution is -0.146. The van der Waals surface area contributed by atoms with Crippen molar-refractivity contribution in [1.82, 2.24) is 5.32 Å². The molecule has 134 valence electrons. The monoisotopic (exact) mass is 336 g/mol. The molecule has 0 aliphatic heterocycles. The average molecular weight is 336 g/mol. The van der Waals surface area contributed by atoms with Crippen molar-refractivity contribution in [2.75, 3.05) is 13.2 Å². The number of nitrogens with two attached hydrogens (primary N) is 1. The Morgan fingerprint density at radius 2 is 1.88 bits per heavy atom. The molecule has 1 aromatic carbocycles. The molecule has 6 heteroatoms. The molecular formula is C18H28N2O4. The summed E-state index contributed by atoms with van der Waals surface area (Å²) in [5.74, 6) is -0.419. The van der Waals surface area contributed by atoms with Crippen LogP contribution in [-0.2, 0) is 20.9 Å². The SMILES string of the molecule is CCCCOC(=O)[C@H](CCCCN)NC(=O)OCc1ccccc1. The first kappa shape index (κ1) is 20.0. The van der Waals surface area contributed by atoms with Crippen molar-refractivity contribution in [1.29, 1.82) is 0 Å². The second-order valence-electron chi connectivity index (χ2n) is 5.56. The van der Waals surface area contributed by atoms with Crippen LogP contribution in [0, 0.1) is 0 Å². The Morgan fingerprint density at radius 3 is 2.54 bits per heavy atom. The molecule has 1 amide bonds. The molecule has 0 unspecified atom stereocenters. The molecule has 0 aromatic heterocycles. The van der Waals surface area contributed by atoms with E-state index < -0.39 is 18.1 Å². The highest BCUT2D eigenvalue weighted by atomic mass is 16.6. The highest BCUT2D eigenvalue weighted by molar-refractivity contribution is 5.81. The largest absolute Gasteiger partial charge is 0.464 e. The molecule has 3 N–H and O–H groups in total. The van der Waals surface area contributed by atoms with Gasteiger partial charge in [0.1, 0.15) is 12.6 Å². The third-order valence-corrected chi connectivity index (χ3v) is 3.48. The van der Waals surface area contributed by atoms with Crippen LogP contribution in [-0.4, -0.2) is 31.3 Å². The van der Waals surface area contributed by atoms with Crippen molar-refractivity contribution in [2.45, 2.75) is 51.7 Å². The van der Waals surface area contributed by atoms with Crippen LogP contribution >= 0.6 is 0 Å². The summed E-state index contributed by atoms with van der Waals surface area (Å²) in [6.45, 7) is 3.10. The predicted octanol–water partition coefficient (Wildman–Crippen LogP) is 2.75. The van der Waals surface area contributed by atoms with Crippen molar-refractivity contribution in [3.05, 3.63) is 35.9 Å². The first-order valence-electron chi connectivity index (χ1n) is 8.51. The fourth-order valence-corrected chi connectivity index (χ4v) is 2.07. The Balaban J connectivity index is 2.45. The van der Waals surface area contributed by atoms with Gasteiger partial charge in [-0.25, -0.2) is 9.59 Å². The normalized spacial score (nSPS) is 11.6. The molecule has 0 radical (unpaired) electrons. The number of benzene rings is 1. The van der Waals surface area contributed by atoms with E-state index >= 15 is 0 Å². The number of alkyl carbamates (subject to hydrolysis) is 1. The van der Waals surface area contributed by atoms with Crippen molar-refractivity contribution in [3.63, 3.8) is 0 Å². The number of esters is 1. The van der Waals surface area contributed by atoms with Crippen LogP contribution in [0.4, 0.5) is 4.79 Å². The number of hydrogen-bond acceptors (Lipinski definition) is 5. The molecule has 0 saturated carbocycles. The molecule has 1 rings (SSSR count). The lowest BCUT2D eigenvalue weighted by Crippen LogP contribution is -2.42. The van der Waals surface area contributed by atoms with E-state index in [9.17, 15) is 9.59 Å². The van der Waals surface area contributed by atoms with Crippen LogP contribution in [0.1, 0.15) is 44.6 Å². The van der Waals surface area contributed by atoms with E-state index in [2.05, 4.69) is 5.32 Å². The topological polar surface area (TPSA) is 90.6 Å². The molecule has 0 fully saturated rings. The van der Waals surface area contributed by atoms with Crippen molar-refractivity contribution in [3.8, 4) is 0 Å². The molecule has 0 aliphatic rings. The number of amides is 1. The molecule has 0 saturated heterocycles. The van der Waals surface area contributed by atoms with Gasteiger partial charge < -0.3 is 20.5 Å². The van der Waals surface area contributed by atoms with E-state index in [4.69, 9.17) is 15.2 Å². The maximum atomic E-state index is 12.1. The number of carbonyl (C=O) groups excluding carboxylic acids is 2. The molecule has 6 nitrogen and oxygen atoms in total. The van der Waals surface area contributed by atoms with Gasteiger partial charge in [-0.05, 0) is 37.8 Å². The third kappa shape index (κ3) is 8.53. The Hall–Kier alpha value is -2.08. The fraction of sp³-hybridized carbons (Fsp3) is 0.556. The van der Waals surface area contributed by atoms with E-state index in [1.165, 1.54) is 0 Å². The summed E-state index contributed by atoms with van der Waals surface area (Å²) >= 11 is 0. The first-order chi connectivity index (χ1) is 11.7. The fourth-order valence-electron chi connectivity index (χ4n) is 2.07. The quantitative estimate of drug-likeness (QED) is 0.479. The van der Waals surface area contributed by atoms with E-state index in [-0.39, 0.29) is 6.61 Å². The number of nitrogens with one attached hydrogen (secondary N) is 1. The summed E-state index contributed by atoms with van der Waals surface area (Å²) in [7, 11) is 0. The smallest absolute Gasteiger partial charge is 0.408 e. The number of ether oxygens (including phenoxy) is 2.